The molecule has 0 radical (unpaired) electrons. The van der Waals surface area contributed by atoms with Crippen molar-refractivity contribution in [2.75, 3.05) is 13.1 Å². The number of hydrogen-bond acceptors (Lipinski definition) is 7. The van der Waals surface area contributed by atoms with E-state index in [1.807, 2.05) is 24.7 Å². The highest BCUT2D eigenvalue weighted by molar-refractivity contribution is 7.15. The lowest BCUT2D eigenvalue weighted by Crippen LogP contribution is -2.34. The topological polar surface area (TPSA) is 104 Å². The number of nitrogens with zero attached hydrogens (tertiary/aromatic N) is 4. The van der Waals surface area contributed by atoms with Gasteiger partial charge in [0.15, 0.2) is 5.65 Å². The number of rotatable bonds is 5. The lowest BCUT2D eigenvalue weighted by atomic mass is 10.1. The second kappa shape index (κ2) is 9.10. The minimum Gasteiger partial charge on any atom is -0.489 e. The predicted octanol–water partition coefficient (Wildman–Crippen LogP) is 5.73. The Morgan fingerprint density at radius 3 is 2.68 bits per heavy atom. The van der Waals surface area contributed by atoms with Gasteiger partial charge in [-0.1, -0.05) is 0 Å². The maximum absolute atomic E-state index is 6.21. The Kier molecular flexibility index (Phi) is 5.44. The summed E-state index contributed by atoms with van der Waals surface area (Å²) < 4.78 is 6.21. The molecule has 0 amide bonds. The Morgan fingerprint density at radius 2 is 1.81 bits per heavy atom. The maximum Gasteiger partial charge on any atom is 0.155 e. The molecule has 37 heavy (non-hydrogen) atoms. The number of aromatic amines is 2. The third-order valence-corrected chi connectivity index (χ3v) is 7.88. The van der Waals surface area contributed by atoms with Gasteiger partial charge in [0.05, 0.1) is 11.9 Å². The summed E-state index contributed by atoms with van der Waals surface area (Å²) in [5, 5.41) is 13.1. The van der Waals surface area contributed by atoms with E-state index in [4.69, 9.17) is 4.74 Å². The molecule has 0 spiro atoms. The molecule has 9 heteroatoms. The van der Waals surface area contributed by atoms with Gasteiger partial charge >= 0.3 is 0 Å². The summed E-state index contributed by atoms with van der Waals surface area (Å²) >= 11 is 1.78. The van der Waals surface area contributed by atoms with Crippen LogP contribution in [0.25, 0.3) is 55.0 Å². The number of nitrogens with one attached hydrogen (secondary N) is 3. The molecule has 0 unspecified atom stereocenters. The largest absolute Gasteiger partial charge is 0.489 e. The van der Waals surface area contributed by atoms with Crippen LogP contribution in [-0.2, 0) is 0 Å². The van der Waals surface area contributed by atoms with Gasteiger partial charge < -0.3 is 15.0 Å². The average molecular weight is 508 g/mol. The van der Waals surface area contributed by atoms with Gasteiger partial charge in [-0.2, -0.15) is 5.10 Å². The van der Waals surface area contributed by atoms with Crippen LogP contribution in [0.4, 0.5) is 0 Å². The van der Waals surface area contributed by atoms with E-state index in [0.717, 1.165) is 76.3 Å². The van der Waals surface area contributed by atoms with Crippen LogP contribution in [0.3, 0.4) is 0 Å². The molecule has 3 N–H and O–H groups in total. The molecule has 0 saturated carbocycles. The van der Waals surface area contributed by atoms with E-state index in [-0.39, 0.29) is 6.10 Å². The molecule has 0 bridgehead atoms. The van der Waals surface area contributed by atoms with Gasteiger partial charge in [-0.15, -0.1) is 11.3 Å². The van der Waals surface area contributed by atoms with Crippen LogP contribution >= 0.6 is 11.3 Å². The van der Waals surface area contributed by atoms with E-state index >= 15 is 0 Å². The lowest BCUT2D eigenvalue weighted by molar-refractivity contribution is 0.162. The lowest BCUT2D eigenvalue weighted by Gasteiger charge is -2.23. The first-order chi connectivity index (χ1) is 18.2. The van der Waals surface area contributed by atoms with E-state index < -0.39 is 0 Å². The van der Waals surface area contributed by atoms with Crippen molar-refractivity contribution in [2.45, 2.75) is 25.9 Å². The Labute approximate surface area is 217 Å². The van der Waals surface area contributed by atoms with Crippen molar-refractivity contribution in [3.8, 4) is 38.7 Å². The van der Waals surface area contributed by atoms with Crippen molar-refractivity contribution in [3.05, 3.63) is 66.1 Å². The second-order valence-electron chi connectivity index (χ2n) is 9.38. The highest BCUT2D eigenvalue weighted by Crippen LogP contribution is 2.36. The molecular formula is C28H25N7OS. The van der Waals surface area contributed by atoms with Crippen molar-refractivity contribution < 1.29 is 4.74 Å². The molecule has 6 aromatic rings. The minimum atomic E-state index is 0.220. The highest BCUT2D eigenvalue weighted by Gasteiger charge is 2.17. The molecule has 0 atom stereocenters. The van der Waals surface area contributed by atoms with Gasteiger partial charge in [-0.3, -0.25) is 10.1 Å². The van der Waals surface area contributed by atoms with Crippen LogP contribution < -0.4 is 10.1 Å². The SMILES string of the molecule is Cc1ccc(-c2ccnc3[nH]c(-c4n[nH]c5ncc(-c6cncc(OC7CCNCC7)c6)cc45)cc23)s1. The summed E-state index contributed by atoms with van der Waals surface area (Å²) in [6.07, 6.45) is 9.55. The Morgan fingerprint density at radius 1 is 0.919 bits per heavy atom. The monoisotopic (exact) mass is 507 g/mol. The Bertz CT molecular complexity index is 1730. The zero-order chi connectivity index (χ0) is 24.8. The second-order valence-corrected chi connectivity index (χ2v) is 10.7. The minimum absolute atomic E-state index is 0.220. The molecule has 1 saturated heterocycles. The summed E-state index contributed by atoms with van der Waals surface area (Å²) in [6, 6.07) is 12.7. The third kappa shape index (κ3) is 4.16. The molecule has 184 valence electrons. The molecule has 7 heterocycles. The molecule has 0 aliphatic carbocycles. The molecule has 0 aromatic carbocycles. The van der Waals surface area contributed by atoms with Crippen LogP contribution in [0, 0.1) is 6.92 Å². The number of ether oxygens (including phenoxy) is 1. The first kappa shape index (κ1) is 22.1. The van der Waals surface area contributed by atoms with Crippen molar-refractivity contribution in [2.24, 2.45) is 0 Å². The van der Waals surface area contributed by atoms with Gasteiger partial charge in [0, 0.05) is 55.8 Å². The molecule has 1 aliphatic heterocycles. The number of aryl methyl sites for hydroxylation is 1. The summed E-state index contributed by atoms with van der Waals surface area (Å²) in [5.74, 6) is 0.787. The van der Waals surface area contributed by atoms with E-state index in [1.165, 1.54) is 15.3 Å². The van der Waals surface area contributed by atoms with Crippen LogP contribution in [0.15, 0.2) is 61.2 Å². The van der Waals surface area contributed by atoms with Crippen LogP contribution in [0.1, 0.15) is 17.7 Å². The number of piperidine rings is 1. The summed E-state index contributed by atoms with van der Waals surface area (Å²) in [5.41, 5.74) is 6.37. The zero-order valence-electron chi connectivity index (χ0n) is 20.3. The first-order valence-electron chi connectivity index (χ1n) is 12.4. The number of H-pyrrole nitrogens is 2. The van der Waals surface area contributed by atoms with E-state index in [9.17, 15) is 0 Å². The summed E-state index contributed by atoms with van der Waals surface area (Å²) in [6.45, 7) is 4.10. The number of pyridine rings is 3. The number of thiophene rings is 1. The molecule has 1 fully saturated rings. The fourth-order valence-corrected chi connectivity index (χ4v) is 5.87. The molecular weight excluding hydrogens is 482 g/mol. The molecule has 8 nitrogen and oxygen atoms in total. The van der Waals surface area contributed by atoms with E-state index in [2.05, 4.69) is 72.7 Å². The van der Waals surface area contributed by atoms with Gasteiger partial charge in [-0.25, -0.2) is 9.97 Å². The molecule has 6 aromatic heterocycles. The van der Waals surface area contributed by atoms with Gasteiger partial charge in [0.2, 0.25) is 0 Å². The molecule has 1 aliphatic rings. The molecule has 7 rings (SSSR count). The van der Waals surface area contributed by atoms with Crippen molar-refractivity contribution in [3.63, 3.8) is 0 Å². The highest BCUT2D eigenvalue weighted by atomic mass is 32.1. The maximum atomic E-state index is 6.21. The number of hydrogen-bond donors (Lipinski definition) is 3. The van der Waals surface area contributed by atoms with Crippen LogP contribution in [0.2, 0.25) is 0 Å². The predicted molar refractivity (Wildman–Crippen MR) is 147 cm³/mol. The number of fused-ring (bicyclic) bond motifs is 2. The van der Waals surface area contributed by atoms with Crippen molar-refractivity contribution in [1.82, 2.24) is 35.5 Å². The normalized spacial score (nSPS) is 14.5. The van der Waals surface area contributed by atoms with Gasteiger partial charge in [0.25, 0.3) is 0 Å². The van der Waals surface area contributed by atoms with Gasteiger partial charge in [0.1, 0.15) is 23.2 Å². The first-order valence-corrected chi connectivity index (χ1v) is 13.2. The van der Waals surface area contributed by atoms with Crippen LogP contribution in [-0.4, -0.2) is 49.3 Å². The Balaban J connectivity index is 1.26. The third-order valence-electron chi connectivity index (χ3n) is 6.84. The standard InChI is InChI=1S/C28H25N7OS/c1-16-2-3-25(37-16)21-6-9-31-27-22(21)12-24(33-27)26-23-11-18(14-32-28(23)35-34-26)17-10-20(15-30-13-17)36-19-4-7-29-8-5-19/h2-3,6,9-15,19,29H,4-5,7-8H2,1H3,(H,31,33)(H,32,34,35). The fourth-order valence-electron chi connectivity index (χ4n) is 4.96. The number of aromatic nitrogens is 6. The zero-order valence-corrected chi connectivity index (χ0v) is 21.1. The smallest absolute Gasteiger partial charge is 0.155 e. The average Bonchev–Trinajstić information content (AvgIpc) is 3.66. The summed E-state index contributed by atoms with van der Waals surface area (Å²) in [4.78, 5) is 19.6. The van der Waals surface area contributed by atoms with Crippen molar-refractivity contribution >= 4 is 33.4 Å². The van der Waals surface area contributed by atoms with E-state index in [1.54, 1.807) is 17.5 Å². The van der Waals surface area contributed by atoms with Crippen LogP contribution in [0.5, 0.6) is 5.75 Å². The fraction of sp³-hybridized carbons (Fsp3) is 0.214. The van der Waals surface area contributed by atoms with E-state index in [0.29, 0.717) is 0 Å². The Hall–Kier alpha value is -4.08. The van der Waals surface area contributed by atoms with Gasteiger partial charge in [-0.05, 0) is 69.3 Å². The summed E-state index contributed by atoms with van der Waals surface area (Å²) in [7, 11) is 0. The van der Waals surface area contributed by atoms with Crippen molar-refractivity contribution in [1.29, 1.82) is 0 Å². The quantitative estimate of drug-likeness (QED) is 0.275.